The first-order valence-electron chi connectivity index (χ1n) is 6.23. The van der Waals surface area contributed by atoms with E-state index in [4.69, 9.17) is 5.73 Å². The summed E-state index contributed by atoms with van der Waals surface area (Å²) in [5, 5.41) is 4.10. The van der Waals surface area contributed by atoms with Gasteiger partial charge in [0.1, 0.15) is 0 Å². The van der Waals surface area contributed by atoms with Crippen LogP contribution in [0.1, 0.15) is 11.1 Å². The van der Waals surface area contributed by atoms with Crippen LogP contribution in [0.4, 0.5) is 5.69 Å². The van der Waals surface area contributed by atoms with Crippen LogP contribution in [0, 0.1) is 13.8 Å². The van der Waals surface area contributed by atoms with Gasteiger partial charge in [-0.05, 0) is 43.2 Å². The number of hydrogen-bond donors (Lipinski definition) is 2. The fourth-order valence-electron chi connectivity index (χ4n) is 1.78. The molecule has 0 saturated carbocycles. The number of nitrogens with zero attached hydrogens (tertiary/aromatic N) is 2. The maximum absolute atomic E-state index is 12.1. The number of aromatic nitrogens is 2. The molecule has 0 amide bonds. The van der Waals surface area contributed by atoms with E-state index < -0.39 is 10.0 Å². The summed E-state index contributed by atoms with van der Waals surface area (Å²) in [5.41, 5.74) is 8.05. The average Bonchev–Trinajstić information content (AvgIpc) is 2.78. The molecule has 3 N–H and O–H groups in total. The third-order valence-electron chi connectivity index (χ3n) is 2.95. The Hall–Kier alpha value is -1.86. The normalized spacial score (nSPS) is 11.7. The highest BCUT2D eigenvalue weighted by Gasteiger charge is 2.14. The minimum absolute atomic E-state index is 0.223. The van der Waals surface area contributed by atoms with Gasteiger partial charge in [-0.1, -0.05) is 0 Å². The Morgan fingerprint density at radius 3 is 2.70 bits per heavy atom. The maximum Gasteiger partial charge on any atom is 0.240 e. The number of anilines is 1. The Balaban J connectivity index is 2.02. The molecule has 0 radical (unpaired) electrons. The van der Waals surface area contributed by atoms with Crippen LogP contribution in [0.2, 0.25) is 0 Å². The molecule has 0 bridgehead atoms. The summed E-state index contributed by atoms with van der Waals surface area (Å²) in [6, 6.07) is 4.67. The Morgan fingerprint density at radius 1 is 1.35 bits per heavy atom. The molecule has 0 atom stereocenters. The lowest BCUT2D eigenvalue weighted by atomic mass is 10.2. The standard InChI is InChI=1S/C13H18N4O2S/c1-10-8-15-17(9-10)6-5-16-20(18,19)12-3-4-13(14)11(2)7-12/h3-4,7-9,16H,5-6,14H2,1-2H3. The van der Waals surface area contributed by atoms with Gasteiger partial charge in [-0.25, -0.2) is 13.1 Å². The minimum Gasteiger partial charge on any atom is -0.399 e. The Kier molecular flexibility index (Phi) is 4.10. The van der Waals surface area contributed by atoms with Crippen LogP contribution in [0.5, 0.6) is 0 Å². The van der Waals surface area contributed by atoms with Crippen LogP contribution in [0.3, 0.4) is 0 Å². The Labute approximate surface area is 118 Å². The summed E-state index contributed by atoms with van der Waals surface area (Å²) in [6.07, 6.45) is 3.60. The first-order valence-corrected chi connectivity index (χ1v) is 7.71. The second kappa shape index (κ2) is 5.64. The molecule has 7 heteroatoms. The number of benzene rings is 1. The second-order valence-electron chi connectivity index (χ2n) is 4.70. The van der Waals surface area contributed by atoms with Crippen LogP contribution in [-0.2, 0) is 16.6 Å². The number of hydrogen-bond acceptors (Lipinski definition) is 4. The Morgan fingerprint density at radius 2 is 2.10 bits per heavy atom. The SMILES string of the molecule is Cc1cnn(CCNS(=O)(=O)c2ccc(N)c(C)c2)c1. The van der Waals surface area contributed by atoms with Crippen molar-refractivity contribution in [1.29, 1.82) is 0 Å². The summed E-state index contributed by atoms with van der Waals surface area (Å²) in [6.45, 7) is 4.49. The highest BCUT2D eigenvalue weighted by Crippen LogP contribution is 2.16. The van der Waals surface area contributed by atoms with E-state index in [1.54, 1.807) is 29.9 Å². The molecule has 1 heterocycles. The van der Waals surface area contributed by atoms with Gasteiger partial charge in [-0.15, -0.1) is 0 Å². The molecule has 0 aliphatic heterocycles. The molecule has 2 rings (SSSR count). The zero-order valence-electron chi connectivity index (χ0n) is 11.5. The van der Waals surface area contributed by atoms with Crippen molar-refractivity contribution in [2.24, 2.45) is 0 Å². The van der Waals surface area contributed by atoms with Gasteiger partial charge in [0.25, 0.3) is 0 Å². The zero-order chi connectivity index (χ0) is 14.8. The van der Waals surface area contributed by atoms with Crippen molar-refractivity contribution in [3.05, 3.63) is 41.7 Å². The number of nitrogen functional groups attached to an aromatic ring is 1. The van der Waals surface area contributed by atoms with Gasteiger partial charge in [-0.2, -0.15) is 5.10 Å². The van der Waals surface area contributed by atoms with Crippen molar-refractivity contribution in [1.82, 2.24) is 14.5 Å². The third-order valence-corrected chi connectivity index (χ3v) is 4.41. The van der Waals surface area contributed by atoms with Gasteiger partial charge in [0, 0.05) is 18.4 Å². The average molecular weight is 294 g/mol. The highest BCUT2D eigenvalue weighted by molar-refractivity contribution is 7.89. The smallest absolute Gasteiger partial charge is 0.240 e. The lowest BCUT2D eigenvalue weighted by Crippen LogP contribution is -2.27. The molecule has 108 valence electrons. The monoisotopic (exact) mass is 294 g/mol. The summed E-state index contributed by atoms with van der Waals surface area (Å²) in [5.74, 6) is 0. The lowest BCUT2D eigenvalue weighted by molar-refractivity contribution is 0.561. The maximum atomic E-state index is 12.1. The van der Waals surface area contributed by atoms with Crippen LogP contribution < -0.4 is 10.5 Å². The van der Waals surface area contributed by atoms with Crippen molar-refractivity contribution < 1.29 is 8.42 Å². The molecule has 0 spiro atoms. The zero-order valence-corrected chi connectivity index (χ0v) is 12.3. The Bertz CT molecular complexity index is 707. The van der Waals surface area contributed by atoms with E-state index in [0.29, 0.717) is 12.2 Å². The molecule has 1 aromatic carbocycles. The van der Waals surface area contributed by atoms with Crippen molar-refractivity contribution in [3.63, 3.8) is 0 Å². The van der Waals surface area contributed by atoms with Gasteiger partial charge in [0.2, 0.25) is 10.0 Å². The number of nitrogens with two attached hydrogens (primary N) is 1. The summed E-state index contributed by atoms with van der Waals surface area (Å²) in [7, 11) is -3.51. The number of aryl methyl sites for hydroxylation is 2. The van der Waals surface area contributed by atoms with E-state index >= 15 is 0 Å². The minimum atomic E-state index is -3.51. The van der Waals surface area contributed by atoms with Gasteiger partial charge in [0.15, 0.2) is 0 Å². The molecule has 20 heavy (non-hydrogen) atoms. The van der Waals surface area contributed by atoms with Crippen LogP contribution in [0.25, 0.3) is 0 Å². The van der Waals surface area contributed by atoms with E-state index in [2.05, 4.69) is 9.82 Å². The van der Waals surface area contributed by atoms with E-state index in [1.165, 1.54) is 6.07 Å². The summed E-state index contributed by atoms with van der Waals surface area (Å²) >= 11 is 0. The molecule has 2 aromatic rings. The quantitative estimate of drug-likeness (QED) is 0.807. The number of rotatable bonds is 5. The first-order chi connectivity index (χ1) is 9.38. The third kappa shape index (κ3) is 3.37. The van der Waals surface area contributed by atoms with E-state index in [-0.39, 0.29) is 11.4 Å². The molecule has 0 unspecified atom stereocenters. The van der Waals surface area contributed by atoms with Gasteiger partial charge in [-0.3, -0.25) is 4.68 Å². The van der Waals surface area contributed by atoms with Crippen LogP contribution >= 0.6 is 0 Å². The summed E-state index contributed by atoms with van der Waals surface area (Å²) in [4.78, 5) is 0.223. The van der Waals surface area contributed by atoms with E-state index in [1.807, 2.05) is 13.1 Å². The van der Waals surface area contributed by atoms with E-state index in [0.717, 1.165) is 11.1 Å². The van der Waals surface area contributed by atoms with Crippen molar-refractivity contribution in [2.45, 2.75) is 25.3 Å². The van der Waals surface area contributed by atoms with E-state index in [9.17, 15) is 8.42 Å². The fraction of sp³-hybridized carbons (Fsp3) is 0.308. The summed E-state index contributed by atoms with van der Waals surface area (Å²) < 4.78 is 28.5. The van der Waals surface area contributed by atoms with Crippen LogP contribution in [-0.4, -0.2) is 24.7 Å². The molecular weight excluding hydrogens is 276 g/mol. The van der Waals surface area contributed by atoms with Crippen molar-refractivity contribution >= 4 is 15.7 Å². The highest BCUT2D eigenvalue weighted by atomic mass is 32.2. The number of sulfonamides is 1. The molecular formula is C13H18N4O2S. The molecule has 0 fully saturated rings. The first kappa shape index (κ1) is 14.5. The topological polar surface area (TPSA) is 90.0 Å². The second-order valence-corrected chi connectivity index (χ2v) is 6.46. The van der Waals surface area contributed by atoms with Crippen molar-refractivity contribution in [2.75, 3.05) is 12.3 Å². The molecule has 0 saturated heterocycles. The van der Waals surface area contributed by atoms with Gasteiger partial charge >= 0.3 is 0 Å². The lowest BCUT2D eigenvalue weighted by Gasteiger charge is -2.08. The predicted octanol–water partition coefficient (Wildman–Crippen LogP) is 1.06. The largest absolute Gasteiger partial charge is 0.399 e. The van der Waals surface area contributed by atoms with Gasteiger partial charge in [0.05, 0.1) is 17.6 Å². The van der Waals surface area contributed by atoms with Gasteiger partial charge < -0.3 is 5.73 Å². The fourth-order valence-corrected chi connectivity index (χ4v) is 2.89. The number of nitrogens with one attached hydrogen (secondary N) is 1. The molecule has 6 nitrogen and oxygen atoms in total. The molecule has 0 aliphatic carbocycles. The molecule has 1 aromatic heterocycles. The van der Waals surface area contributed by atoms with Crippen LogP contribution in [0.15, 0.2) is 35.5 Å². The van der Waals surface area contributed by atoms with Crippen molar-refractivity contribution in [3.8, 4) is 0 Å². The molecule has 0 aliphatic rings. The predicted molar refractivity (Wildman–Crippen MR) is 77.7 cm³/mol.